The Balaban J connectivity index is 2.39. The van der Waals surface area contributed by atoms with Crippen LogP contribution in [0.5, 0.6) is 0 Å². The van der Waals surface area contributed by atoms with Crippen LogP contribution in [-0.2, 0) is 0 Å². The van der Waals surface area contributed by atoms with Gasteiger partial charge in [0.05, 0.1) is 12.7 Å². The first-order valence-corrected chi connectivity index (χ1v) is 6.16. The van der Waals surface area contributed by atoms with Gasteiger partial charge in [-0.2, -0.15) is 0 Å². The highest BCUT2D eigenvalue weighted by Gasteiger charge is 2.24. The standard InChI is InChI=1S/C13H24O2/c1-3-4-5-12(15)8-11-7-6-10(2)13(11)9-14/h11-12,14-15H,3-9H2,1-2H3/t11-,12-/m1/s1. The predicted octanol–water partition coefficient (Wildman–Crippen LogP) is 2.65. The van der Waals surface area contributed by atoms with E-state index in [1.807, 2.05) is 0 Å². The van der Waals surface area contributed by atoms with Gasteiger partial charge in [0.25, 0.3) is 0 Å². The molecule has 0 heterocycles. The first-order chi connectivity index (χ1) is 7.19. The molecular formula is C13H24O2. The average Bonchev–Trinajstić information content (AvgIpc) is 2.56. The fourth-order valence-electron chi connectivity index (χ4n) is 2.48. The van der Waals surface area contributed by atoms with E-state index in [0.29, 0.717) is 5.92 Å². The molecule has 0 radical (unpaired) electrons. The fourth-order valence-corrected chi connectivity index (χ4v) is 2.48. The van der Waals surface area contributed by atoms with Crippen LogP contribution in [-0.4, -0.2) is 22.9 Å². The highest BCUT2D eigenvalue weighted by atomic mass is 16.3. The quantitative estimate of drug-likeness (QED) is 0.664. The van der Waals surface area contributed by atoms with Crippen molar-refractivity contribution in [3.05, 3.63) is 11.1 Å². The predicted molar refractivity (Wildman–Crippen MR) is 62.7 cm³/mol. The summed E-state index contributed by atoms with van der Waals surface area (Å²) >= 11 is 0. The Hall–Kier alpha value is -0.340. The summed E-state index contributed by atoms with van der Waals surface area (Å²) in [6.07, 6.45) is 6.03. The molecule has 2 N–H and O–H groups in total. The van der Waals surface area contributed by atoms with Gasteiger partial charge in [-0.3, -0.25) is 0 Å². The lowest BCUT2D eigenvalue weighted by Gasteiger charge is -2.17. The van der Waals surface area contributed by atoms with Crippen LogP contribution < -0.4 is 0 Å². The minimum atomic E-state index is -0.178. The lowest BCUT2D eigenvalue weighted by atomic mass is 9.92. The molecule has 1 aliphatic rings. The maximum Gasteiger partial charge on any atom is 0.0647 e. The second-order valence-corrected chi connectivity index (χ2v) is 4.73. The van der Waals surface area contributed by atoms with E-state index in [4.69, 9.17) is 0 Å². The van der Waals surface area contributed by atoms with Crippen LogP contribution in [0.3, 0.4) is 0 Å². The van der Waals surface area contributed by atoms with Crippen LogP contribution in [0.1, 0.15) is 52.4 Å². The second-order valence-electron chi connectivity index (χ2n) is 4.73. The molecule has 2 atom stereocenters. The lowest BCUT2D eigenvalue weighted by Crippen LogP contribution is -2.14. The first kappa shape index (κ1) is 12.7. The third-order valence-electron chi connectivity index (χ3n) is 3.53. The van der Waals surface area contributed by atoms with Crippen molar-refractivity contribution in [3.8, 4) is 0 Å². The van der Waals surface area contributed by atoms with Gasteiger partial charge in [0.15, 0.2) is 0 Å². The van der Waals surface area contributed by atoms with Crippen molar-refractivity contribution < 1.29 is 10.2 Å². The van der Waals surface area contributed by atoms with Gasteiger partial charge >= 0.3 is 0 Å². The molecule has 0 aromatic carbocycles. The van der Waals surface area contributed by atoms with E-state index in [2.05, 4.69) is 13.8 Å². The van der Waals surface area contributed by atoms with E-state index in [1.54, 1.807) is 0 Å². The van der Waals surface area contributed by atoms with Crippen LogP contribution in [0.2, 0.25) is 0 Å². The van der Waals surface area contributed by atoms with E-state index >= 15 is 0 Å². The number of hydrogen-bond donors (Lipinski definition) is 2. The van der Waals surface area contributed by atoms with Crippen LogP contribution in [0.15, 0.2) is 11.1 Å². The van der Waals surface area contributed by atoms with E-state index < -0.39 is 0 Å². The molecule has 1 aliphatic carbocycles. The molecule has 1 rings (SSSR count). The molecule has 0 fully saturated rings. The molecule has 0 bridgehead atoms. The van der Waals surface area contributed by atoms with Crippen molar-refractivity contribution >= 4 is 0 Å². The van der Waals surface area contributed by atoms with Crippen LogP contribution >= 0.6 is 0 Å². The SMILES string of the molecule is CCCC[C@@H](O)C[C@H]1CCC(C)=C1CO. The lowest BCUT2D eigenvalue weighted by molar-refractivity contribution is 0.134. The Morgan fingerprint density at radius 3 is 2.80 bits per heavy atom. The topological polar surface area (TPSA) is 40.5 Å². The fraction of sp³-hybridized carbons (Fsp3) is 0.846. The Morgan fingerprint density at radius 1 is 1.47 bits per heavy atom. The zero-order valence-corrected chi connectivity index (χ0v) is 10.00. The number of unbranched alkanes of at least 4 members (excludes halogenated alkanes) is 1. The molecule has 0 saturated heterocycles. The van der Waals surface area contributed by atoms with Gasteiger partial charge in [0.2, 0.25) is 0 Å². The Morgan fingerprint density at radius 2 is 2.20 bits per heavy atom. The van der Waals surface area contributed by atoms with Crippen molar-refractivity contribution in [1.82, 2.24) is 0 Å². The van der Waals surface area contributed by atoms with Crippen LogP contribution in [0.25, 0.3) is 0 Å². The molecule has 0 unspecified atom stereocenters. The van der Waals surface area contributed by atoms with Gasteiger partial charge in [-0.25, -0.2) is 0 Å². The number of aliphatic hydroxyl groups is 2. The van der Waals surface area contributed by atoms with Crippen molar-refractivity contribution in [2.24, 2.45) is 5.92 Å². The number of hydrogen-bond acceptors (Lipinski definition) is 2. The summed E-state index contributed by atoms with van der Waals surface area (Å²) in [6.45, 7) is 4.42. The molecular weight excluding hydrogens is 188 g/mol. The summed E-state index contributed by atoms with van der Waals surface area (Å²) in [5, 5.41) is 19.1. The summed E-state index contributed by atoms with van der Waals surface area (Å²) in [7, 11) is 0. The molecule has 0 aromatic rings. The largest absolute Gasteiger partial charge is 0.393 e. The highest BCUT2D eigenvalue weighted by Crippen LogP contribution is 2.34. The number of allylic oxidation sites excluding steroid dienone is 1. The molecule has 0 aliphatic heterocycles. The zero-order chi connectivity index (χ0) is 11.3. The summed E-state index contributed by atoms with van der Waals surface area (Å²) < 4.78 is 0. The summed E-state index contributed by atoms with van der Waals surface area (Å²) in [5.74, 6) is 0.432. The van der Waals surface area contributed by atoms with Crippen molar-refractivity contribution in [3.63, 3.8) is 0 Å². The molecule has 0 amide bonds. The van der Waals surface area contributed by atoms with Gasteiger partial charge in [0, 0.05) is 0 Å². The van der Waals surface area contributed by atoms with Crippen LogP contribution in [0, 0.1) is 5.92 Å². The van der Waals surface area contributed by atoms with Gasteiger partial charge in [0.1, 0.15) is 0 Å². The molecule has 2 nitrogen and oxygen atoms in total. The summed E-state index contributed by atoms with van der Waals surface area (Å²) in [5.41, 5.74) is 2.52. The molecule has 0 spiro atoms. The van der Waals surface area contributed by atoms with E-state index in [-0.39, 0.29) is 12.7 Å². The molecule has 0 aromatic heterocycles. The zero-order valence-electron chi connectivity index (χ0n) is 10.00. The Bertz CT molecular complexity index is 221. The molecule has 2 heteroatoms. The van der Waals surface area contributed by atoms with Crippen LogP contribution in [0.4, 0.5) is 0 Å². The molecule has 15 heavy (non-hydrogen) atoms. The van der Waals surface area contributed by atoms with Crippen molar-refractivity contribution in [2.75, 3.05) is 6.61 Å². The molecule has 88 valence electrons. The maximum atomic E-state index is 9.84. The van der Waals surface area contributed by atoms with Gasteiger partial charge in [-0.1, -0.05) is 25.3 Å². The van der Waals surface area contributed by atoms with Crippen molar-refractivity contribution in [1.29, 1.82) is 0 Å². The monoisotopic (exact) mass is 212 g/mol. The maximum absolute atomic E-state index is 9.84. The minimum Gasteiger partial charge on any atom is -0.393 e. The first-order valence-electron chi connectivity index (χ1n) is 6.16. The van der Waals surface area contributed by atoms with Gasteiger partial charge in [-0.05, 0) is 44.1 Å². The molecule has 0 saturated carbocycles. The summed E-state index contributed by atoms with van der Waals surface area (Å²) in [4.78, 5) is 0. The second kappa shape index (κ2) is 6.29. The Kier molecular flexibility index (Phi) is 5.34. The smallest absolute Gasteiger partial charge is 0.0647 e. The van der Waals surface area contributed by atoms with Crippen molar-refractivity contribution in [2.45, 2.75) is 58.5 Å². The van der Waals surface area contributed by atoms with Gasteiger partial charge in [-0.15, -0.1) is 0 Å². The Labute approximate surface area is 93.0 Å². The normalized spacial score (nSPS) is 23.6. The third-order valence-corrected chi connectivity index (χ3v) is 3.53. The number of aliphatic hydroxyl groups excluding tert-OH is 2. The van der Waals surface area contributed by atoms with E-state index in [9.17, 15) is 10.2 Å². The highest BCUT2D eigenvalue weighted by molar-refractivity contribution is 5.21. The van der Waals surface area contributed by atoms with E-state index in [1.165, 1.54) is 11.1 Å². The van der Waals surface area contributed by atoms with Gasteiger partial charge < -0.3 is 10.2 Å². The third kappa shape index (κ3) is 3.62. The number of rotatable bonds is 6. The minimum absolute atomic E-state index is 0.178. The van der Waals surface area contributed by atoms with E-state index in [0.717, 1.165) is 38.5 Å². The summed E-state index contributed by atoms with van der Waals surface area (Å²) in [6, 6.07) is 0. The average molecular weight is 212 g/mol.